The van der Waals surface area contributed by atoms with Gasteiger partial charge in [-0.15, -0.1) is 0 Å². The van der Waals surface area contributed by atoms with Crippen LogP contribution in [0.25, 0.3) is 0 Å². The van der Waals surface area contributed by atoms with E-state index < -0.39 is 9.84 Å². The van der Waals surface area contributed by atoms with Crippen LogP contribution in [0.2, 0.25) is 0 Å². The summed E-state index contributed by atoms with van der Waals surface area (Å²) in [5.74, 6) is 1.07. The summed E-state index contributed by atoms with van der Waals surface area (Å²) in [6.45, 7) is 0.834. The van der Waals surface area contributed by atoms with Crippen LogP contribution in [0.1, 0.15) is 0 Å². The van der Waals surface area contributed by atoms with E-state index in [1.807, 2.05) is 0 Å². The van der Waals surface area contributed by atoms with Gasteiger partial charge < -0.3 is 9.47 Å². The Labute approximate surface area is 248 Å². The van der Waals surface area contributed by atoms with E-state index in [0.717, 1.165) is 10.7 Å². The topological polar surface area (TPSA) is 52.6 Å². The first kappa shape index (κ1) is 29.1. The minimum absolute atomic E-state index is 0.125. The Balaban J connectivity index is 2.37. The maximum Gasteiger partial charge on any atom is 0.206 e. The van der Waals surface area contributed by atoms with E-state index in [1.54, 1.807) is 0 Å². The standard InChI is InChI=1S/C18H14Br8O4S/c19-5-9(21)7-29-17-13(23)1-11(2-14(17)24)31(27,28)12-3-15(25)18(16(26)4-12)30-8-10(22)6-20/h1-4,9-10H,5-8H2/t9-,10-/m1/s1. The lowest BCUT2D eigenvalue weighted by molar-refractivity contribution is 0.321. The molecular weight excluding hydrogens is 951 g/mol. The fraction of sp³-hybridized carbons (Fsp3) is 0.333. The van der Waals surface area contributed by atoms with Gasteiger partial charge in [-0.3, -0.25) is 0 Å². The summed E-state index contributed by atoms with van der Waals surface area (Å²) in [4.78, 5) is 0.502. The second-order valence-corrected chi connectivity index (χ2v) is 15.3. The molecule has 0 fully saturated rings. The van der Waals surface area contributed by atoms with Crippen molar-refractivity contribution in [2.24, 2.45) is 0 Å². The highest BCUT2D eigenvalue weighted by atomic mass is 79.9. The quantitative estimate of drug-likeness (QED) is 0.224. The van der Waals surface area contributed by atoms with Gasteiger partial charge in [0.2, 0.25) is 9.84 Å². The van der Waals surface area contributed by atoms with Gasteiger partial charge in [-0.25, -0.2) is 8.42 Å². The summed E-state index contributed by atoms with van der Waals surface area (Å²) >= 11 is 27.4. The Morgan fingerprint density at radius 1 is 0.677 bits per heavy atom. The third-order valence-corrected chi connectivity index (χ3v) is 12.3. The fourth-order valence-corrected chi connectivity index (χ4v) is 7.67. The van der Waals surface area contributed by atoms with E-state index in [9.17, 15) is 8.42 Å². The first-order valence-electron chi connectivity index (χ1n) is 8.40. The second-order valence-electron chi connectivity index (χ2n) is 6.06. The number of rotatable bonds is 10. The zero-order chi connectivity index (χ0) is 23.3. The van der Waals surface area contributed by atoms with Crippen LogP contribution >= 0.6 is 127 Å². The molecule has 0 aliphatic heterocycles. The van der Waals surface area contributed by atoms with Crippen LogP contribution in [-0.4, -0.2) is 41.9 Å². The van der Waals surface area contributed by atoms with Gasteiger partial charge in [-0.05, 0) is 88.0 Å². The second kappa shape index (κ2) is 13.2. The van der Waals surface area contributed by atoms with Crippen molar-refractivity contribution in [2.75, 3.05) is 23.9 Å². The van der Waals surface area contributed by atoms with Crippen LogP contribution < -0.4 is 9.47 Å². The van der Waals surface area contributed by atoms with Crippen molar-refractivity contribution in [3.63, 3.8) is 0 Å². The molecular formula is C18H14Br8O4S. The molecule has 2 atom stereocenters. The van der Waals surface area contributed by atoms with E-state index in [1.165, 1.54) is 24.3 Å². The number of benzene rings is 2. The van der Waals surface area contributed by atoms with E-state index in [2.05, 4.69) is 127 Å². The maximum absolute atomic E-state index is 13.3. The minimum atomic E-state index is -3.80. The van der Waals surface area contributed by atoms with Gasteiger partial charge in [0.25, 0.3) is 0 Å². The van der Waals surface area contributed by atoms with Crippen LogP contribution in [0, 0.1) is 0 Å². The minimum Gasteiger partial charge on any atom is -0.490 e. The molecule has 4 nitrogen and oxygen atoms in total. The lowest BCUT2D eigenvalue weighted by Crippen LogP contribution is -2.13. The van der Waals surface area contributed by atoms with Crippen LogP contribution in [0.3, 0.4) is 0 Å². The zero-order valence-corrected chi connectivity index (χ0v) is 28.9. The smallest absolute Gasteiger partial charge is 0.206 e. The van der Waals surface area contributed by atoms with Gasteiger partial charge in [0.05, 0.1) is 37.3 Å². The number of ether oxygens (including phenoxy) is 2. The van der Waals surface area contributed by atoms with Crippen LogP contribution in [0.15, 0.2) is 51.9 Å². The largest absolute Gasteiger partial charge is 0.490 e. The molecule has 0 heterocycles. The van der Waals surface area contributed by atoms with Crippen molar-refractivity contribution in [1.29, 1.82) is 0 Å². The lowest BCUT2D eigenvalue weighted by atomic mass is 10.3. The van der Waals surface area contributed by atoms with Crippen molar-refractivity contribution >= 4 is 137 Å². The Kier molecular flexibility index (Phi) is 12.4. The molecule has 0 saturated carbocycles. The third kappa shape index (κ3) is 7.91. The van der Waals surface area contributed by atoms with E-state index in [0.29, 0.717) is 42.6 Å². The molecule has 0 aliphatic rings. The molecule has 13 heteroatoms. The molecule has 172 valence electrons. The van der Waals surface area contributed by atoms with Gasteiger partial charge >= 0.3 is 0 Å². The predicted molar refractivity (Wildman–Crippen MR) is 153 cm³/mol. The molecule has 0 bridgehead atoms. The van der Waals surface area contributed by atoms with Crippen LogP contribution in [0.4, 0.5) is 0 Å². The monoisotopic (exact) mass is 957 g/mol. The number of sulfone groups is 1. The van der Waals surface area contributed by atoms with Gasteiger partial charge in [0, 0.05) is 10.7 Å². The number of hydrogen-bond acceptors (Lipinski definition) is 4. The Morgan fingerprint density at radius 2 is 0.968 bits per heavy atom. The zero-order valence-electron chi connectivity index (χ0n) is 15.4. The fourth-order valence-electron chi connectivity index (χ4n) is 2.23. The molecule has 0 aliphatic carbocycles. The first-order chi connectivity index (χ1) is 14.5. The molecule has 0 radical (unpaired) electrons. The van der Waals surface area contributed by atoms with Crippen molar-refractivity contribution < 1.29 is 17.9 Å². The SMILES string of the molecule is O=S(=O)(c1cc(Br)c(OC[C@H](Br)CBr)c(Br)c1)c1cc(Br)c(OC[C@H](Br)CBr)c(Br)c1. The molecule has 0 amide bonds. The molecule has 0 aromatic heterocycles. The molecule has 0 N–H and O–H groups in total. The van der Waals surface area contributed by atoms with Crippen LogP contribution in [0.5, 0.6) is 11.5 Å². The lowest BCUT2D eigenvalue weighted by Gasteiger charge is -2.16. The van der Waals surface area contributed by atoms with Gasteiger partial charge in [0.1, 0.15) is 24.7 Å². The molecule has 2 aromatic carbocycles. The molecule has 0 unspecified atom stereocenters. The number of alkyl halides is 4. The maximum atomic E-state index is 13.3. The van der Waals surface area contributed by atoms with E-state index in [-0.39, 0.29) is 19.4 Å². The highest BCUT2D eigenvalue weighted by Gasteiger charge is 2.24. The highest BCUT2D eigenvalue weighted by Crippen LogP contribution is 2.41. The molecule has 2 rings (SSSR count). The summed E-state index contributed by atoms with van der Waals surface area (Å²) in [6.07, 6.45) is 0. The Bertz CT molecular complexity index is 910. The molecule has 0 spiro atoms. The van der Waals surface area contributed by atoms with Gasteiger partial charge in [-0.2, -0.15) is 0 Å². The number of hydrogen-bond donors (Lipinski definition) is 0. The van der Waals surface area contributed by atoms with Crippen LogP contribution in [-0.2, 0) is 9.84 Å². The molecule has 2 aromatic rings. The Hall–Kier alpha value is 1.83. The van der Waals surface area contributed by atoms with Gasteiger partial charge in [-0.1, -0.05) is 63.7 Å². The van der Waals surface area contributed by atoms with Gasteiger partial charge in [0.15, 0.2) is 0 Å². The summed E-state index contributed by atoms with van der Waals surface area (Å²) in [5, 5.41) is 1.45. The molecule has 0 saturated heterocycles. The summed E-state index contributed by atoms with van der Waals surface area (Å²) in [6, 6.07) is 6.13. The molecule has 31 heavy (non-hydrogen) atoms. The highest BCUT2D eigenvalue weighted by molar-refractivity contribution is 9.12. The summed E-state index contributed by atoms with van der Waals surface area (Å²) < 4.78 is 40.3. The average molecular weight is 966 g/mol. The number of halogens is 8. The first-order valence-corrected chi connectivity index (χ1v) is 17.1. The van der Waals surface area contributed by atoms with Crippen molar-refractivity contribution in [2.45, 2.75) is 19.4 Å². The Morgan fingerprint density at radius 3 is 1.23 bits per heavy atom. The average Bonchev–Trinajstić information content (AvgIpc) is 2.71. The van der Waals surface area contributed by atoms with E-state index in [4.69, 9.17) is 9.47 Å². The summed E-state index contributed by atoms with van der Waals surface area (Å²) in [5.41, 5.74) is 0. The third-order valence-electron chi connectivity index (χ3n) is 3.72. The van der Waals surface area contributed by atoms with E-state index >= 15 is 0 Å². The van der Waals surface area contributed by atoms with Crippen molar-refractivity contribution in [3.05, 3.63) is 42.2 Å². The summed E-state index contributed by atoms with van der Waals surface area (Å²) in [7, 11) is -3.80. The predicted octanol–water partition coefficient (Wildman–Crippen LogP) is 8.64. The van der Waals surface area contributed by atoms with Crippen molar-refractivity contribution in [1.82, 2.24) is 0 Å². The normalized spacial score (nSPS) is 13.7. The van der Waals surface area contributed by atoms with Crippen molar-refractivity contribution in [3.8, 4) is 11.5 Å².